The van der Waals surface area contributed by atoms with E-state index in [1.165, 1.54) is 0 Å². The molecule has 1 fully saturated rings. The van der Waals surface area contributed by atoms with Crippen LogP contribution in [0.15, 0.2) is 24.5 Å². The summed E-state index contributed by atoms with van der Waals surface area (Å²) in [4.78, 5) is 14.4. The molecule has 2 aromatic rings. The third kappa shape index (κ3) is 3.59. The predicted octanol–water partition coefficient (Wildman–Crippen LogP) is 3.14. The van der Waals surface area contributed by atoms with E-state index in [0.717, 1.165) is 11.1 Å². The molecule has 152 valence electrons. The summed E-state index contributed by atoms with van der Waals surface area (Å²) < 4.78 is 43.1. The molecule has 7 nitrogen and oxygen atoms in total. The van der Waals surface area contributed by atoms with Gasteiger partial charge in [-0.15, -0.1) is 0 Å². The minimum Gasteiger partial charge on any atom is -0.368 e. The van der Waals surface area contributed by atoms with E-state index in [4.69, 9.17) is 0 Å². The van der Waals surface area contributed by atoms with Gasteiger partial charge in [0.05, 0.1) is 11.7 Å². The Morgan fingerprint density at radius 3 is 2.93 bits per heavy atom. The fourth-order valence-corrected chi connectivity index (χ4v) is 4.10. The van der Waals surface area contributed by atoms with E-state index in [1.54, 1.807) is 41.0 Å². The smallest absolute Gasteiger partial charge is 0.368 e. The number of halogens is 3. The van der Waals surface area contributed by atoms with Crippen molar-refractivity contribution < 1.29 is 18.0 Å². The lowest BCUT2D eigenvalue weighted by molar-refractivity contribution is -0.173. The van der Waals surface area contributed by atoms with Gasteiger partial charge in [-0.1, -0.05) is 0 Å². The molecule has 0 radical (unpaired) electrons. The molecule has 0 saturated carbocycles. The fourth-order valence-electron chi connectivity index (χ4n) is 4.10. The minimum absolute atomic E-state index is 0.0299. The first-order valence-corrected chi connectivity index (χ1v) is 9.52. The summed E-state index contributed by atoms with van der Waals surface area (Å²) in [6.07, 6.45) is 0.847. The molecule has 4 rings (SSSR count). The second-order valence-corrected chi connectivity index (χ2v) is 7.50. The molecule has 4 heterocycles. The number of nitrogens with zero attached hydrogens (tertiary/aromatic N) is 5. The van der Waals surface area contributed by atoms with Gasteiger partial charge in [-0.05, 0) is 32.3 Å². The average molecular weight is 396 g/mol. The van der Waals surface area contributed by atoms with E-state index in [1.807, 2.05) is 0 Å². The number of aromatic nitrogens is 4. The second kappa shape index (κ2) is 7.14. The summed E-state index contributed by atoms with van der Waals surface area (Å²) in [5.41, 5.74) is 0.524. The van der Waals surface area contributed by atoms with Crippen LogP contribution in [0.25, 0.3) is 0 Å². The first-order valence-electron chi connectivity index (χ1n) is 9.52. The second-order valence-electron chi connectivity index (χ2n) is 7.50. The summed E-state index contributed by atoms with van der Waals surface area (Å²) in [6, 6.07) is 1.24. The van der Waals surface area contributed by atoms with E-state index in [0.29, 0.717) is 37.4 Å². The third-order valence-electron chi connectivity index (χ3n) is 5.43. The maximum absolute atomic E-state index is 13.5. The number of alkyl halides is 3. The molecule has 0 unspecified atom stereocenters. The number of rotatable bonds is 4. The molecule has 2 aliphatic heterocycles. The summed E-state index contributed by atoms with van der Waals surface area (Å²) >= 11 is 0. The Morgan fingerprint density at radius 2 is 2.21 bits per heavy atom. The molecule has 0 aliphatic carbocycles. The molecule has 10 heteroatoms. The van der Waals surface area contributed by atoms with Crippen LogP contribution >= 0.6 is 0 Å². The zero-order chi connectivity index (χ0) is 19.9. The Kier molecular flexibility index (Phi) is 4.80. The lowest BCUT2D eigenvalue weighted by Crippen LogP contribution is -2.38. The van der Waals surface area contributed by atoms with Crippen molar-refractivity contribution in [3.63, 3.8) is 0 Å². The van der Waals surface area contributed by atoms with Crippen molar-refractivity contribution in [2.75, 3.05) is 11.9 Å². The Hall–Kier alpha value is -2.52. The average Bonchev–Trinajstić information content (AvgIpc) is 3.36. The highest BCUT2D eigenvalue weighted by atomic mass is 19.4. The SMILES string of the molecule is C[C@@H]1C[C@H](C(F)(F)F)n2nc([C@H]3CCCN3C(=O)CCn3cccn3)cc2N1. The van der Waals surface area contributed by atoms with Gasteiger partial charge in [-0.25, -0.2) is 4.68 Å². The van der Waals surface area contributed by atoms with Gasteiger partial charge in [0.15, 0.2) is 6.04 Å². The normalized spacial score (nSPS) is 24.9. The zero-order valence-corrected chi connectivity index (χ0v) is 15.6. The maximum Gasteiger partial charge on any atom is 0.410 e. The Labute approximate surface area is 160 Å². The Balaban J connectivity index is 1.53. The number of anilines is 1. The summed E-state index contributed by atoms with van der Waals surface area (Å²) in [6.45, 7) is 2.80. The molecule has 0 bridgehead atoms. The molecule has 0 spiro atoms. The molecular weight excluding hydrogens is 373 g/mol. The highest BCUT2D eigenvalue weighted by Crippen LogP contribution is 2.41. The van der Waals surface area contributed by atoms with Crippen LogP contribution in [0.3, 0.4) is 0 Å². The van der Waals surface area contributed by atoms with E-state index in [-0.39, 0.29) is 24.4 Å². The molecule has 3 atom stereocenters. The number of amides is 1. The summed E-state index contributed by atoms with van der Waals surface area (Å²) in [5.74, 6) is 0.338. The molecule has 0 aromatic carbocycles. The van der Waals surface area contributed by atoms with E-state index in [2.05, 4.69) is 15.5 Å². The third-order valence-corrected chi connectivity index (χ3v) is 5.43. The van der Waals surface area contributed by atoms with Crippen molar-refractivity contribution in [1.82, 2.24) is 24.5 Å². The van der Waals surface area contributed by atoms with Gasteiger partial charge in [0.2, 0.25) is 5.91 Å². The van der Waals surface area contributed by atoms with Gasteiger partial charge >= 0.3 is 6.18 Å². The summed E-state index contributed by atoms with van der Waals surface area (Å²) in [7, 11) is 0. The first kappa shape index (κ1) is 18.8. The molecule has 1 amide bonds. The molecule has 2 aliphatic rings. The zero-order valence-electron chi connectivity index (χ0n) is 15.6. The van der Waals surface area contributed by atoms with Crippen LogP contribution in [-0.4, -0.2) is 49.1 Å². The number of fused-ring (bicyclic) bond motifs is 1. The van der Waals surface area contributed by atoms with Crippen molar-refractivity contribution in [2.45, 2.75) is 63.5 Å². The lowest BCUT2D eigenvalue weighted by Gasteiger charge is -2.31. The molecular formula is C18H23F3N6O. The van der Waals surface area contributed by atoms with Crippen LogP contribution in [-0.2, 0) is 11.3 Å². The Bertz CT molecular complexity index is 831. The van der Waals surface area contributed by atoms with Gasteiger partial charge < -0.3 is 10.2 Å². The van der Waals surface area contributed by atoms with Crippen LogP contribution in [0.1, 0.15) is 50.4 Å². The number of aryl methyl sites for hydroxylation is 1. The van der Waals surface area contributed by atoms with Gasteiger partial charge in [0.25, 0.3) is 0 Å². The molecule has 1 saturated heterocycles. The van der Waals surface area contributed by atoms with E-state index in [9.17, 15) is 18.0 Å². The van der Waals surface area contributed by atoms with Crippen molar-refractivity contribution in [2.24, 2.45) is 0 Å². The highest BCUT2D eigenvalue weighted by Gasteiger charge is 2.46. The molecule has 28 heavy (non-hydrogen) atoms. The van der Waals surface area contributed by atoms with E-state index < -0.39 is 12.2 Å². The largest absolute Gasteiger partial charge is 0.410 e. The summed E-state index contributed by atoms with van der Waals surface area (Å²) in [5, 5.41) is 11.4. The fraction of sp³-hybridized carbons (Fsp3) is 0.611. The predicted molar refractivity (Wildman–Crippen MR) is 95.6 cm³/mol. The quantitative estimate of drug-likeness (QED) is 0.862. The Morgan fingerprint density at radius 1 is 1.39 bits per heavy atom. The monoisotopic (exact) mass is 396 g/mol. The van der Waals surface area contributed by atoms with E-state index >= 15 is 0 Å². The van der Waals surface area contributed by atoms with Crippen molar-refractivity contribution in [3.8, 4) is 0 Å². The first-order chi connectivity index (χ1) is 13.3. The van der Waals surface area contributed by atoms with Crippen LogP contribution in [0, 0.1) is 0 Å². The van der Waals surface area contributed by atoms with Gasteiger partial charge in [0, 0.05) is 44.0 Å². The van der Waals surface area contributed by atoms with Gasteiger partial charge in [-0.3, -0.25) is 9.48 Å². The number of hydrogen-bond acceptors (Lipinski definition) is 4. The highest BCUT2D eigenvalue weighted by molar-refractivity contribution is 5.77. The van der Waals surface area contributed by atoms with Gasteiger partial charge in [0.1, 0.15) is 5.82 Å². The number of carbonyl (C=O) groups is 1. The number of nitrogens with one attached hydrogen (secondary N) is 1. The maximum atomic E-state index is 13.5. The van der Waals surface area contributed by atoms with Gasteiger partial charge in [-0.2, -0.15) is 23.4 Å². The van der Waals surface area contributed by atoms with Crippen molar-refractivity contribution in [1.29, 1.82) is 0 Å². The van der Waals surface area contributed by atoms with Crippen molar-refractivity contribution in [3.05, 3.63) is 30.2 Å². The van der Waals surface area contributed by atoms with Crippen LogP contribution in [0.5, 0.6) is 0 Å². The number of hydrogen-bond donors (Lipinski definition) is 1. The molecule has 1 N–H and O–H groups in total. The minimum atomic E-state index is -4.36. The van der Waals surface area contributed by atoms with Crippen molar-refractivity contribution >= 4 is 11.7 Å². The molecule has 2 aromatic heterocycles. The van der Waals surface area contributed by atoms with Crippen LogP contribution in [0.4, 0.5) is 19.0 Å². The topological polar surface area (TPSA) is 68.0 Å². The standard InChI is InChI=1S/C18H23F3N6O/c1-12-10-15(18(19,20)21)27-16(23-12)11-13(24-27)14-4-2-8-26(14)17(28)5-9-25-7-3-6-22-25/h3,6-7,11-12,14-15,23H,2,4-5,8-10H2,1H3/t12-,14-,15-/m1/s1. The van der Waals surface area contributed by atoms with Crippen LogP contribution < -0.4 is 5.32 Å². The van der Waals surface area contributed by atoms with Crippen LogP contribution in [0.2, 0.25) is 0 Å². The number of carbonyl (C=O) groups excluding carboxylic acids is 1. The number of likely N-dealkylation sites (tertiary alicyclic amines) is 1. The lowest BCUT2D eigenvalue weighted by atomic mass is 10.1.